The molecule has 0 aliphatic heterocycles. The van der Waals surface area contributed by atoms with Gasteiger partial charge in [-0.05, 0) is 51.3 Å². The molecule has 4 nitrogen and oxygen atoms in total. The number of rotatable bonds is 3. The first-order chi connectivity index (χ1) is 8.46. The number of amides is 1. The van der Waals surface area contributed by atoms with Gasteiger partial charge in [-0.25, -0.2) is 4.79 Å². The summed E-state index contributed by atoms with van der Waals surface area (Å²) in [7, 11) is 0. The Labute approximate surface area is 108 Å². The summed E-state index contributed by atoms with van der Waals surface area (Å²) in [5, 5.41) is 0. The molecule has 1 aliphatic carbocycles. The van der Waals surface area contributed by atoms with Crippen molar-refractivity contribution in [3.63, 3.8) is 0 Å². The van der Waals surface area contributed by atoms with Gasteiger partial charge in [-0.2, -0.15) is 0 Å². The van der Waals surface area contributed by atoms with Gasteiger partial charge in [0.25, 0.3) is 0 Å². The number of pyridine rings is 1. The molecule has 1 amide bonds. The molecule has 1 aromatic rings. The fourth-order valence-corrected chi connectivity index (χ4v) is 1.73. The zero-order chi connectivity index (χ0) is 13.2. The number of hydrogen-bond donors (Lipinski definition) is 0. The topological polar surface area (TPSA) is 42.4 Å². The van der Waals surface area contributed by atoms with Gasteiger partial charge in [-0.3, -0.25) is 4.98 Å². The van der Waals surface area contributed by atoms with Gasteiger partial charge in [0.15, 0.2) is 0 Å². The molecule has 2 rings (SSSR count). The van der Waals surface area contributed by atoms with Gasteiger partial charge in [0.2, 0.25) is 0 Å². The normalized spacial score (nSPS) is 15.3. The average Bonchev–Trinajstić information content (AvgIpc) is 3.08. The zero-order valence-corrected chi connectivity index (χ0v) is 11.2. The second kappa shape index (κ2) is 4.96. The maximum Gasteiger partial charge on any atom is 0.410 e. The molecule has 1 heterocycles. The van der Waals surface area contributed by atoms with E-state index < -0.39 is 5.60 Å². The molecule has 0 unspecified atom stereocenters. The van der Waals surface area contributed by atoms with Crippen LogP contribution in [-0.4, -0.2) is 27.6 Å². The first kappa shape index (κ1) is 12.9. The Bertz CT molecular complexity index is 408. The highest BCUT2D eigenvalue weighted by Crippen LogP contribution is 2.29. The van der Waals surface area contributed by atoms with Crippen LogP contribution in [0.4, 0.5) is 4.79 Å². The van der Waals surface area contributed by atoms with E-state index in [0.29, 0.717) is 12.6 Å². The van der Waals surface area contributed by atoms with Crippen molar-refractivity contribution < 1.29 is 9.53 Å². The third-order valence-corrected chi connectivity index (χ3v) is 2.72. The van der Waals surface area contributed by atoms with Crippen LogP contribution >= 0.6 is 0 Å². The smallest absolute Gasteiger partial charge is 0.410 e. The van der Waals surface area contributed by atoms with Gasteiger partial charge in [0.1, 0.15) is 5.60 Å². The molecule has 0 atom stereocenters. The maximum atomic E-state index is 12.1. The van der Waals surface area contributed by atoms with Gasteiger partial charge in [-0.15, -0.1) is 0 Å². The van der Waals surface area contributed by atoms with E-state index in [1.807, 2.05) is 37.8 Å². The Morgan fingerprint density at radius 2 is 2.00 bits per heavy atom. The molecule has 1 aromatic heterocycles. The second-order valence-corrected chi connectivity index (χ2v) is 5.69. The molecule has 18 heavy (non-hydrogen) atoms. The van der Waals surface area contributed by atoms with Crippen LogP contribution < -0.4 is 0 Å². The minimum absolute atomic E-state index is 0.221. The summed E-state index contributed by atoms with van der Waals surface area (Å²) < 4.78 is 5.44. The van der Waals surface area contributed by atoms with E-state index in [1.54, 1.807) is 12.4 Å². The molecule has 1 saturated carbocycles. The SMILES string of the molecule is CC(C)(C)OC(=O)N(Cc1ccncc1)C1CC1. The number of aromatic nitrogens is 1. The summed E-state index contributed by atoms with van der Waals surface area (Å²) in [6.07, 6.45) is 5.42. The molecule has 0 bridgehead atoms. The second-order valence-electron chi connectivity index (χ2n) is 5.69. The van der Waals surface area contributed by atoms with E-state index in [9.17, 15) is 4.79 Å². The predicted molar refractivity (Wildman–Crippen MR) is 69.0 cm³/mol. The molecular formula is C14H20N2O2. The predicted octanol–water partition coefficient (Wildman–Crippen LogP) is 2.98. The van der Waals surface area contributed by atoms with E-state index >= 15 is 0 Å². The van der Waals surface area contributed by atoms with Crippen molar-refractivity contribution in [1.82, 2.24) is 9.88 Å². The quantitative estimate of drug-likeness (QED) is 0.825. The van der Waals surface area contributed by atoms with Crippen LogP contribution in [0.15, 0.2) is 24.5 Å². The van der Waals surface area contributed by atoms with Crippen LogP contribution in [0.2, 0.25) is 0 Å². The minimum atomic E-state index is -0.442. The van der Waals surface area contributed by atoms with E-state index in [0.717, 1.165) is 18.4 Å². The van der Waals surface area contributed by atoms with Crippen LogP contribution in [0, 0.1) is 0 Å². The molecule has 1 aliphatic rings. The summed E-state index contributed by atoms with van der Waals surface area (Å²) in [4.78, 5) is 17.9. The van der Waals surface area contributed by atoms with Gasteiger partial charge in [0, 0.05) is 25.0 Å². The summed E-state index contributed by atoms with van der Waals surface area (Å²) in [5.74, 6) is 0. The van der Waals surface area contributed by atoms with Crippen molar-refractivity contribution in [2.45, 2.75) is 51.8 Å². The van der Waals surface area contributed by atoms with Crippen LogP contribution in [0.1, 0.15) is 39.2 Å². The third kappa shape index (κ3) is 3.72. The molecule has 98 valence electrons. The number of nitrogens with zero attached hydrogens (tertiary/aromatic N) is 2. The Kier molecular flexibility index (Phi) is 3.55. The fourth-order valence-electron chi connectivity index (χ4n) is 1.73. The largest absolute Gasteiger partial charge is 0.444 e. The van der Waals surface area contributed by atoms with Crippen molar-refractivity contribution in [3.05, 3.63) is 30.1 Å². The summed E-state index contributed by atoms with van der Waals surface area (Å²) in [6, 6.07) is 4.20. The lowest BCUT2D eigenvalue weighted by atomic mass is 10.2. The molecule has 0 N–H and O–H groups in total. The van der Waals surface area contributed by atoms with Crippen molar-refractivity contribution >= 4 is 6.09 Å². The lowest BCUT2D eigenvalue weighted by Crippen LogP contribution is -2.37. The summed E-state index contributed by atoms with van der Waals surface area (Å²) in [5.41, 5.74) is 0.644. The van der Waals surface area contributed by atoms with Gasteiger partial charge >= 0.3 is 6.09 Å². The van der Waals surface area contributed by atoms with E-state index in [-0.39, 0.29) is 6.09 Å². The van der Waals surface area contributed by atoms with Crippen molar-refractivity contribution in [2.24, 2.45) is 0 Å². The molecule has 0 aromatic carbocycles. The number of carbonyl (C=O) groups excluding carboxylic acids is 1. The van der Waals surface area contributed by atoms with E-state index in [1.165, 1.54) is 0 Å². The third-order valence-electron chi connectivity index (χ3n) is 2.72. The lowest BCUT2D eigenvalue weighted by molar-refractivity contribution is 0.0216. The standard InChI is InChI=1S/C14H20N2O2/c1-14(2,3)18-13(17)16(12-4-5-12)10-11-6-8-15-9-7-11/h6-9,12H,4-5,10H2,1-3H3. The van der Waals surface area contributed by atoms with Crippen molar-refractivity contribution in [3.8, 4) is 0 Å². The summed E-state index contributed by atoms with van der Waals surface area (Å²) >= 11 is 0. The molecule has 0 saturated heterocycles. The average molecular weight is 248 g/mol. The Morgan fingerprint density at radius 3 is 2.50 bits per heavy atom. The molecule has 1 fully saturated rings. The number of carbonyl (C=O) groups is 1. The van der Waals surface area contributed by atoms with Crippen LogP contribution in [0.5, 0.6) is 0 Å². The Morgan fingerprint density at radius 1 is 1.39 bits per heavy atom. The molecule has 4 heteroatoms. The zero-order valence-electron chi connectivity index (χ0n) is 11.2. The first-order valence-corrected chi connectivity index (χ1v) is 6.34. The Hall–Kier alpha value is -1.58. The van der Waals surface area contributed by atoms with E-state index in [4.69, 9.17) is 4.74 Å². The molecular weight excluding hydrogens is 228 g/mol. The van der Waals surface area contributed by atoms with Gasteiger partial charge in [-0.1, -0.05) is 0 Å². The van der Waals surface area contributed by atoms with Crippen LogP contribution in [-0.2, 0) is 11.3 Å². The van der Waals surface area contributed by atoms with Crippen molar-refractivity contribution in [1.29, 1.82) is 0 Å². The monoisotopic (exact) mass is 248 g/mol. The van der Waals surface area contributed by atoms with Gasteiger partial charge in [0.05, 0.1) is 0 Å². The van der Waals surface area contributed by atoms with Crippen molar-refractivity contribution in [2.75, 3.05) is 0 Å². The molecule has 0 radical (unpaired) electrons. The van der Waals surface area contributed by atoms with Crippen LogP contribution in [0.3, 0.4) is 0 Å². The number of ether oxygens (including phenoxy) is 1. The van der Waals surface area contributed by atoms with Gasteiger partial charge < -0.3 is 9.64 Å². The fraction of sp³-hybridized carbons (Fsp3) is 0.571. The Balaban J connectivity index is 2.02. The van der Waals surface area contributed by atoms with E-state index in [2.05, 4.69) is 4.98 Å². The lowest BCUT2D eigenvalue weighted by Gasteiger charge is -2.27. The minimum Gasteiger partial charge on any atom is -0.444 e. The number of hydrogen-bond acceptors (Lipinski definition) is 3. The maximum absolute atomic E-state index is 12.1. The first-order valence-electron chi connectivity index (χ1n) is 6.34. The highest BCUT2D eigenvalue weighted by Gasteiger charge is 2.35. The van der Waals surface area contributed by atoms with Crippen LogP contribution in [0.25, 0.3) is 0 Å². The highest BCUT2D eigenvalue weighted by atomic mass is 16.6. The summed E-state index contributed by atoms with van der Waals surface area (Å²) in [6.45, 7) is 6.27. The molecule has 0 spiro atoms. The highest BCUT2D eigenvalue weighted by molar-refractivity contribution is 5.69.